The topological polar surface area (TPSA) is 52.5 Å². The molecule has 0 atom stereocenters. The fraction of sp³-hybridized carbons (Fsp3) is 0.0769. The van der Waals surface area contributed by atoms with Gasteiger partial charge in [0.15, 0.2) is 0 Å². The first-order valence-corrected chi connectivity index (χ1v) is 5.95. The van der Waals surface area contributed by atoms with Crippen LogP contribution in [0, 0.1) is 0 Å². The summed E-state index contributed by atoms with van der Waals surface area (Å²) >= 11 is 3.27. The Bertz CT molecular complexity index is 529. The van der Waals surface area contributed by atoms with Crippen molar-refractivity contribution < 1.29 is 10.2 Å². The Balaban J connectivity index is 2.10. The van der Waals surface area contributed by atoms with Crippen LogP contribution in [0.5, 0.6) is 11.5 Å². The monoisotopic (exact) mass is 293 g/mol. The smallest absolute Gasteiger partial charge is 0.134 e. The zero-order valence-corrected chi connectivity index (χ0v) is 10.6. The zero-order valence-electron chi connectivity index (χ0n) is 9.02. The second-order valence-corrected chi connectivity index (χ2v) is 4.51. The summed E-state index contributed by atoms with van der Waals surface area (Å²) in [6.45, 7) is 0.495. The van der Waals surface area contributed by atoms with Crippen LogP contribution in [0.25, 0.3) is 0 Å². The van der Waals surface area contributed by atoms with E-state index in [4.69, 9.17) is 0 Å². The molecule has 88 valence electrons. The molecule has 3 nitrogen and oxygen atoms in total. The second kappa shape index (κ2) is 5.10. The number of rotatable bonds is 3. The molecule has 3 N–H and O–H groups in total. The molecule has 0 aliphatic carbocycles. The Hall–Kier alpha value is -1.68. The van der Waals surface area contributed by atoms with Crippen LogP contribution in [0.3, 0.4) is 0 Å². The van der Waals surface area contributed by atoms with Gasteiger partial charge in [-0.25, -0.2) is 0 Å². The summed E-state index contributed by atoms with van der Waals surface area (Å²) in [7, 11) is 0. The number of nitrogens with one attached hydrogen (secondary N) is 1. The maximum atomic E-state index is 9.79. The summed E-state index contributed by atoms with van der Waals surface area (Å²) in [6.07, 6.45) is 0. The average molecular weight is 294 g/mol. The number of hydrogen-bond donors (Lipinski definition) is 3. The summed E-state index contributed by atoms with van der Waals surface area (Å²) < 4.78 is 0.674. The molecule has 0 heterocycles. The first-order chi connectivity index (χ1) is 8.16. The van der Waals surface area contributed by atoms with Gasteiger partial charge in [0.25, 0.3) is 0 Å². The maximum Gasteiger partial charge on any atom is 0.134 e. The number of benzene rings is 2. The lowest BCUT2D eigenvalue weighted by molar-refractivity contribution is 0.465. The third-order valence-electron chi connectivity index (χ3n) is 2.40. The second-order valence-electron chi connectivity index (χ2n) is 3.65. The Morgan fingerprint density at radius 1 is 1.06 bits per heavy atom. The molecular formula is C13H12BrNO2. The molecule has 0 spiro atoms. The number of para-hydroxylation sites is 1. The molecule has 0 saturated heterocycles. The quantitative estimate of drug-likeness (QED) is 0.812. The molecule has 2 rings (SSSR count). The lowest BCUT2D eigenvalue weighted by Crippen LogP contribution is -1.99. The highest BCUT2D eigenvalue weighted by Crippen LogP contribution is 2.28. The van der Waals surface area contributed by atoms with E-state index in [-0.39, 0.29) is 11.5 Å². The van der Waals surface area contributed by atoms with Crippen molar-refractivity contribution in [2.75, 3.05) is 5.32 Å². The van der Waals surface area contributed by atoms with E-state index in [9.17, 15) is 10.2 Å². The van der Waals surface area contributed by atoms with E-state index in [0.717, 1.165) is 11.3 Å². The number of phenolic OH excluding ortho intramolecular Hbond substituents is 2. The van der Waals surface area contributed by atoms with Crippen molar-refractivity contribution in [3.63, 3.8) is 0 Å². The maximum absolute atomic E-state index is 9.79. The SMILES string of the molecule is Oc1cccc(NCc2cccc(Br)c2O)c1. The van der Waals surface area contributed by atoms with E-state index < -0.39 is 0 Å². The van der Waals surface area contributed by atoms with E-state index in [2.05, 4.69) is 21.2 Å². The van der Waals surface area contributed by atoms with Crippen molar-refractivity contribution in [2.24, 2.45) is 0 Å². The molecule has 4 heteroatoms. The Labute approximate surface area is 108 Å². The molecule has 0 aliphatic rings. The first kappa shape index (κ1) is 11.8. The highest BCUT2D eigenvalue weighted by atomic mass is 79.9. The lowest BCUT2D eigenvalue weighted by atomic mass is 10.2. The van der Waals surface area contributed by atoms with Crippen molar-refractivity contribution in [1.82, 2.24) is 0 Å². The highest BCUT2D eigenvalue weighted by molar-refractivity contribution is 9.10. The van der Waals surface area contributed by atoms with E-state index >= 15 is 0 Å². The number of aromatic hydroxyl groups is 2. The first-order valence-electron chi connectivity index (χ1n) is 5.16. The molecular weight excluding hydrogens is 282 g/mol. The van der Waals surface area contributed by atoms with Gasteiger partial charge < -0.3 is 15.5 Å². The summed E-state index contributed by atoms with van der Waals surface area (Å²) in [6, 6.07) is 12.4. The summed E-state index contributed by atoms with van der Waals surface area (Å²) in [4.78, 5) is 0. The molecule has 2 aromatic carbocycles. The summed E-state index contributed by atoms with van der Waals surface area (Å²) in [5.41, 5.74) is 1.60. The van der Waals surface area contributed by atoms with Crippen molar-refractivity contribution in [3.05, 3.63) is 52.5 Å². The molecule has 0 saturated carbocycles. The van der Waals surface area contributed by atoms with Crippen LogP contribution in [0.15, 0.2) is 46.9 Å². The van der Waals surface area contributed by atoms with Gasteiger partial charge >= 0.3 is 0 Å². The van der Waals surface area contributed by atoms with E-state index in [0.29, 0.717) is 11.0 Å². The van der Waals surface area contributed by atoms with Gasteiger partial charge in [-0.2, -0.15) is 0 Å². The fourth-order valence-electron chi connectivity index (χ4n) is 1.52. The van der Waals surface area contributed by atoms with Gasteiger partial charge in [-0.05, 0) is 34.1 Å². The average Bonchev–Trinajstić information content (AvgIpc) is 2.31. The normalized spacial score (nSPS) is 10.2. The summed E-state index contributed by atoms with van der Waals surface area (Å²) in [5, 5.41) is 22.2. The van der Waals surface area contributed by atoms with Crippen LogP contribution in [0.1, 0.15) is 5.56 Å². The van der Waals surface area contributed by atoms with Crippen LogP contribution in [-0.4, -0.2) is 10.2 Å². The van der Waals surface area contributed by atoms with E-state index in [1.54, 1.807) is 24.3 Å². The minimum atomic E-state index is 0.216. The predicted molar refractivity (Wildman–Crippen MR) is 71.2 cm³/mol. The zero-order chi connectivity index (χ0) is 12.3. The molecule has 17 heavy (non-hydrogen) atoms. The molecule has 0 aliphatic heterocycles. The van der Waals surface area contributed by atoms with Crippen LogP contribution in [0.2, 0.25) is 0 Å². The van der Waals surface area contributed by atoms with Crippen molar-refractivity contribution >= 4 is 21.6 Å². The van der Waals surface area contributed by atoms with Crippen LogP contribution >= 0.6 is 15.9 Å². The molecule has 0 fully saturated rings. The van der Waals surface area contributed by atoms with Crippen molar-refractivity contribution in [1.29, 1.82) is 0 Å². The number of anilines is 1. The van der Waals surface area contributed by atoms with Gasteiger partial charge in [0, 0.05) is 23.9 Å². The molecule has 0 radical (unpaired) electrons. The van der Waals surface area contributed by atoms with Gasteiger partial charge in [-0.15, -0.1) is 0 Å². The van der Waals surface area contributed by atoms with Crippen LogP contribution < -0.4 is 5.32 Å². The molecule has 0 amide bonds. The molecule has 0 unspecified atom stereocenters. The van der Waals surface area contributed by atoms with Gasteiger partial charge in [-0.3, -0.25) is 0 Å². The largest absolute Gasteiger partial charge is 0.508 e. The number of halogens is 1. The van der Waals surface area contributed by atoms with Crippen LogP contribution in [0.4, 0.5) is 5.69 Å². The van der Waals surface area contributed by atoms with Crippen LogP contribution in [-0.2, 0) is 6.54 Å². The van der Waals surface area contributed by atoms with Crippen molar-refractivity contribution in [2.45, 2.75) is 6.54 Å². The molecule has 0 aromatic heterocycles. The molecule has 2 aromatic rings. The van der Waals surface area contributed by atoms with Gasteiger partial charge in [0.05, 0.1) is 4.47 Å². The minimum Gasteiger partial charge on any atom is -0.508 e. The number of phenols is 2. The standard InChI is InChI=1S/C13H12BrNO2/c14-12-6-1-3-9(13(12)17)8-15-10-4-2-5-11(16)7-10/h1-7,15-17H,8H2. The fourth-order valence-corrected chi connectivity index (χ4v) is 1.92. The Kier molecular flexibility index (Phi) is 3.54. The number of hydrogen-bond acceptors (Lipinski definition) is 3. The Morgan fingerprint density at radius 2 is 1.82 bits per heavy atom. The third kappa shape index (κ3) is 2.91. The van der Waals surface area contributed by atoms with Gasteiger partial charge in [0.2, 0.25) is 0 Å². The predicted octanol–water partition coefficient (Wildman–Crippen LogP) is 3.47. The lowest BCUT2D eigenvalue weighted by Gasteiger charge is -2.09. The van der Waals surface area contributed by atoms with E-state index in [1.807, 2.05) is 18.2 Å². The summed E-state index contributed by atoms with van der Waals surface area (Å²) in [5.74, 6) is 0.452. The van der Waals surface area contributed by atoms with Crippen molar-refractivity contribution in [3.8, 4) is 11.5 Å². The van der Waals surface area contributed by atoms with Gasteiger partial charge in [-0.1, -0.05) is 18.2 Å². The Morgan fingerprint density at radius 3 is 2.59 bits per heavy atom. The van der Waals surface area contributed by atoms with E-state index in [1.165, 1.54) is 0 Å². The third-order valence-corrected chi connectivity index (χ3v) is 3.04. The molecule has 0 bridgehead atoms. The highest BCUT2D eigenvalue weighted by Gasteiger charge is 2.04. The van der Waals surface area contributed by atoms with Gasteiger partial charge in [0.1, 0.15) is 11.5 Å². The minimum absolute atomic E-state index is 0.216.